The van der Waals surface area contributed by atoms with E-state index in [1.807, 2.05) is 30.3 Å². The molecule has 0 saturated carbocycles. The number of aliphatic carboxylic acids is 1. The van der Waals surface area contributed by atoms with E-state index in [0.29, 0.717) is 16.5 Å². The fourth-order valence-electron chi connectivity index (χ4n) is 3.79. The number of benzene rings is 2. The molecule has 2 atom stereocenters. The highest BCUT2D eigenvalue weighted by Crippen LogP contribution is 2.33. The van der Waals surface area contributed by atoms with Gasteiger partial charge >= 0.3 is 11.9 Å². The Morgan fingerprint density at radius 2 is 1.82 bits per heavy atom. The summed E-state index contributed by atoms with van der Waals surface area (Å²) >= 11 is 4.21. The summed E-state index contributed by atoms with van der Waals surface area (Å²) in [5, 5.41) is 9.53. The summed E-state index contributed by atoms with van der Waals surface area (Å²) in [6.45, 7) is 3.18. The second-order valence-corrected chi connectivity index (χ2v) is 11.2. The molecule has 7 nitrogen and oxygen atoms in total. The third-order valence-electron chi connectivity index (χ3n) is 5.49. The number of amides is 1. The monoisotopic (exact) mass is 547 g/mol. The summed E-state index contributed by atoms with van der Waals surface area (Å²) in [6.07, 6.45) is 0.0574. The Hall–Kier alpha value is -2.65. The van der Waals surface area contributed by atoms with Crippen LogP contribution in [-0.2, 0) is 25.5 Å². The van der Waals surface area contributed by atoms with Crippen LogP contribution in [0.5, 0.6) is 0 Å². The molecule has 34 heavy (non-hydrogen) atoms. The average molecular weight is 548 g/mol. The van der Waals surface area contributed by atoms with E-state index in [2.05, 4.69) is 15.9 Å². The van der Waals surface area contributed by atoms with Crippen LogP contribution < -0.4 is 0 Å². The third-order valence-corrected chi connectivity index (χ3v) is 7.10. The highest BCUT2D eigenvalue weighted by Gasteiger charge is 2.46. The van der Waals surface area contributed by atoms with E-state index in [0.717, 1.165) is 17.3 Å². The molecule has 1 aliphatic rings. The molecule has 1 aliphatic heterocycles. The maximum atomic E-state index is 13.3. The van der Waals surface area contributed by atoms with Gasteiger partial charge in [0, 0.05) is 17.3 Å². The second-order valence-electron chi connectivity index (χ2n) is 8.55. The molecule has 1 fully saturated rings. The van der Waals surface area contributed by atoms with Gasteiger partial charge in [0.05, 0.1) is 16.9 Å². The van der Waals surface area contributed by atoms with Crippen LogP contribution in [0.2, 0.25) is 0 Å². The van der Waals surface area contributed by atoms with Crippen molar-refractivity contribution in [1.82, 2.24) is 4.90 Å². The molecular weight excluding hydrogens is 522 g/mol. The van der Waals surface area contributed by atoms with Gasteiger partial charge in [0.15, 0.2) is 5.12 Å². The van der Waals surface area contributed by atoms with Crippen LogP contribution in [0.15, 0.2) is 59.1 Å². The molecule has 0 aliphatic carbocycles. The van der Waals surface area contributed by atoms with E-state index < -0.39 is 34.7 Å². The molecule has 1 amide bonds. The number of carboxylic acid groups (broad SMARTS) is 1. The summed E-state index contributed by atoms with van der Waals surface area (Å²) in [6, 6.07) is 15.1. The number of hydrogen-bond donors (Lipinski definition) is 1. The molecule has 0 radical (unpaired) electrons. The molecule has 2 aromatic rings. The summed E-state index contributed by atoms with van der Waals surface area (Å²) in [7, 11) is 0. The summed E-state index contributed by atoms with van der Waals surface area (Å²) < 4.78 is 5.05. The number of nitrogens with zero attached hydrogens (tertiary/aromatic N) is 1. The number of carbonyl (C=O) groups is 4. The van der Waals surface area contributed by atoms with E-state index in [4.69, 9.17) is 4.74 Å². The average Bonchev–Trinajstić information content (AvgIpc) is 3.21. The SMILES string of the molecule is CC(C)(SC(=O)CCc1ccccc1)C(=O)N1C[C@H](OC(=O)c2cccc(Br)c2)C[C@H]1C(=O)O. The first-order chi connectivity index (χ1) is 16.1. The van der Waals surface area contributed by atoms with Gasteiger partial charge in [-0.25, -0.2) is 9.59 Å². The zero-order valence-electron chi connectivity index (χ0n) is 18.9. The summed E-state index contributed by atoms with van der Waals surface area (Å²) in [5.41, 5.74) is 1.35. The summed E-state index contributed by atoms with van der Waals surface area (Å²) in [4.78, 5) is 51.4. The molecule has 0 aromatic heterocycles. The Kier molecular flexibility index (Phi) is 8.54. The van der Waals surface area contributed by atoms with Gasteiger partial charge in [-0.05, 0) is 44.0 Å². The van der Waals surface area contributed by atoms with E-state index in [-0.39, 0.29) is 24.5 Å². The molecule has 0 spiro atoms. The first-order valence-corrected chi connectivity index (χ1v) is 12.4. The summed E-state index contributed by atoms with van der Waals surface area (Å²) in [5.74, 6) is -2.24. The number of ether oxygens (including phenoxy) is 1. The van der Waals surface area contributed by atoms with Crippen molar-refractivity contribution in [3.63, 3.8) is 0 Å². The molecule has 0 bridgehead atoms. The van der Waals surface area contributed by atoms with Crippen molar-refractivity contribution in [2.45, 2.75) is 50.0 Å². The highest BCUT2D eigenvalue weighted by molar-refractivity contribution is 9.10. The van der Waals surface area contributed by atoms with Crippen LogP contribution in [0.4, 0.5) is 0 Å². The van der Waals surface area contributed by atoms with E-state index >= 15 is 0 Å². The minimum atomic E-state index is -1.18. The lowest BCUT2D eigenvalue weighted by Gasteiger charge is -2.30. The molecule has 9 heteroatoms. The topological polar surface area (TPSA) is 101 Å². The smallest absolute Gasteiger partial charge is 0.338 e. The van der Waals surface area contributed by atoms with Gasteiger partial charge in [-0.3, -0.25) is 9.59 Å². The normalized spacial score (nSPS) is 17.9. The van der Waals surface area contributed by atoms with Gasteiger partial charge in [-0.2, -0.15) is 0 Å². The van der Waals surface area contributed by atoms with Crippen LogP contribution in [0.3, 0.4) is 0 Å². The van der Waals surface area contributed by atoms with Gasteiger partial charge in [0.2, 0.25) is 5.91 Å². The van der Waals surface area contributed by atoms with Crippen molar-refractivity contribution in [3.05, 3.63) is 70.2 Å². The van der Waals surface area contributed by atoms with E-state index in [1.54, 1.807) is 38.1 Å². The first-order valence-electron chi connectivity index (χ1n) is 10.8. The Morgan fingerprint density at radius 3 is 2.47 bits per heavy atom. The van der Waals surface area contributed by atoms with E-state index in [1.165, 1.54) is 4.90 Å². The van der Waals surface area contributed by atoms with Crippen LogP contribution >= 0.6 is 27.7 Å². The Bertz CT molecular complexity index is 1070. The van der Waals surface area contributed by atoms with Crippen molar-refractivity contribution in [3.8, 4) is 0 Å². The number of hydrogen-bond acceptors (Lipinski definition) is 6. The van der Waals surface area contributed by atoms with Crippen molar-refractivity contribution < 1.29 is 29.0 Å². The third kappa shape index (κ3) is 6.70. The lowest BCUT2D eigenvalue weighted by Crippen LogP contribution is -2.49. The zero-order chi connectivity index (χ0) is 24.9. The molecule has 0 unspecified atom stereocenters. The number of aryl methyl sites for hydroxylation is 1. The van der Waals surface area contributed by atoms with Crippen molar-refractivity contribution in [2.75, 3.05) is 6.54 Å². The molecule has 1 heterocycles. The number of thioether (sulfide) groups is 1. The minimum absolute atomic E-state index is 0.0104. The van der Waals surface area contributed by atoms with Gasteiger partial charge in [0.1, 0.15) is 12.1 Å². The minimum Gasteiger partial charge on any atom is -0.480 e. The highest BCUT2D eigenvalue weighted by atomic mass is 79.9. The predicted molar refractivity (Wildman–Crippen MR) is 133 cm³/mol. The molecule has 1 N–H and O–H groups in total. The maximum Gasteiger partial charge on any atom is 0.338 e. The Morgan fingerprint density at radius 1 is 1.12 bits per heavy atom. The number of halogens is 1. The molecule has 2 aromatic carbocycles. The maximum absolute atomic E-state index is 13.3. The first kappa shape index (κ1) is 26.0. The lowest BCUT2D eigenvalue weighted by molar-refractivity contribution is -0.148. The number of carbonyl (C=O) groups excluding carboxylic acids is 3. The van der Waals surface area contributed by atoms with Crippen molar-refractivity contribution in [2.24, 2.45) is 0 Å². The van der Waals surface area contributed by atoms with Crippen LogP contribution in [-0.4, -0.2) is 56.4 Å². The molecule has 3 rings (SSSR count). The van der Waals surface area contributed by atoms with Crippen LogP contribution in [0.25, 0.3) is 0 Å². The van der Waals surface area contributed by atoms with Gasteiger partial charge in [-0.1, -0.05) is 64.1 Å². The zero-order valence-corrected chi connectivity index (χ0v) is 21.3. The Balaban J connectivity index is 1.63. The molecular formula is C25H26BrNO6S. The number of rotatable bonds is 8. The number of likely N-dealkylation sites (tertiary alicyclic amines) is 1. The Labute approximate surface area is 211 Å². The number of carboxylic acids is 1. The quantitative estimate of drug-likeness (QED) is 0.490. The fraction of sp³-hybridized carbons (Fsp3) is 0.360. The van der Waals surface area contributed by atoms with Gasteiger partial charge < -0.3 is 14.7 Å². The second kappa shape index (κ2) is 11.2. The van der Waals surface area contributed by atoms with Gasteiger partial charge in [0.25, 0.3) is 0 Å². The van der Waals surface area contributed by atoms with E-state index in [9.17, 15) is 24.3 Å². The van der Waals surface area contributed by atoms with Crippen molar-refractivity contribution in [1.29, 1.82) is 0 Å². The van der Waals surface area contributed by atoms with Gasteiger partial charge in [-0.15, -0.1) is 0 Å². The molecule has 1 saturated heterocycles. The number of esters is 1. The standard InChI is InChI=1S/C25H26BrNO6S/c1-25(2,34-21(28)12-11-16-7-4-3-5-8-16)24(32)27-15-19(14-20(27)22(29)30)33-23(31)17-9-6-10-18(26)13-17/h3-10,13,19-20H,11-12,14-15H2,1-2H3,(H,29,30)/t19-,20+/m1/s1. The van der Waals surface area contributed by atoms with Crippen LogP contribution in [0, 0.1) is 0 Å². The van der Waals surface area contributed by atoms with Crippen LogP contribution in [0.1, 0.15) is 42.6 Å². The predicted octanol–water partition coefficient (Wildman–Crippen LogP) is 4.33. The van der Waals surface area contributed by atoms with Crippen molar-refractivity contribution >= 4 is 50.7 Å². The molecule has 180 valence electrons. The lowest BCUT2D eigenvalue weighted by atomic mass is 10.1. The largest absolute Gasteiger partial charge is 0.480 e. The fourth-order valence-corrected chi connectivity index (χ4v) is 5.17.